The number of hydrazine groups is 1. The van der Waals surface area contributed by atoms with Gasteiger partial charge >= 0.3 is 0 Å². The lowest BCUT2D eigenvalue weighted by Crippen LogP contribution is -2.33. The Labute approximate surface area is 58.6 Å². The Morgan fingerprint density at radius 3 is 2.90 bits per heavy atom. The van der Waals surface area contributed by atoms with E-state index in [9.17, 15) is 4.79 Å². The van der Waals surface area contributed by atoms with Crippen LogP contribution in [0, 0.1) is 0 Å². The fraction of sp³-hybridized carbons (Fsp3) is 0.167. The van der Waals surface area contributed by atoms with Crippen LogP contribution in [0.25, 0.3) is 0 Å². The van der Waals surface area contributed by atoms with Crippen molar-refractivity contribution in [2.24, 2.45) is 5.84 Å². The molecule has 0 atom stereocenters. The maximum atomic E-state index is 11.0. The molecule has 1 aromatic rings. The van der Waals surface area contributed by atoms with Crippen molar-refractivity contribution in [2.75, 3.05) is 7.05 Å². The predicted octanol–water partition coefficient (Wildman–Crippen LogP) is -0.0396. The fourth-order valence-corrected chi connectivity index (χ4v) is 0.653. The van der Waals surface area contributed by atoms with E-state index in [1.807, 2.05) is 0 Å². The molecule has 10 heavy (non-hydrogen) atoms. The number of aromatic nitrogens is 1. The number of amides is 1. The average molecular weight is 139 g/mol. The Morgan fingerprint density at radius 2 is 2.50 bits per heavy atom. The first-order valence-corrected chi connectivity index (χ1v) is 2.88. The molecule has 0 spiro atoms. The number of carbonyl (C=O) groups excluding carboxylic acids is 1. The third-order valence-electron chi connectivity index (χ3n) is 1.15. The van der Waals surface area contributed by atoms with Crippen molar-refractivity contribution < 1.29 is 4.79 Å². The SMILES string of the molecule is CN(N)C(=O)c1ccc[nH]1. The Kier molecular flexibility index (Phi) is 1.73. The van der Waals surface area contributed by atoms with E-state index < -0.39 is 0 Å². The molecule has 1 heterocycles. The summed E-state index contributed by atoms with van der Waals surface area (Å²) in [6.45, 7) is 0. The maximum absolute atomic E-state index is 11.0. The van der Waals surface area contributed by atoms with Gasteiger partial charge in [-0.15, -0.1) is 0 Å². The summed E-state index contributed by atoms with van der Waals surface area (Å²) in [5.41, 5.74) is 0.505. The Morgan fingerprint density at radius 1 is 1.80 bits per heavy atom. The third-order valence-corrected chi connectivity index (χ3v) is 1.15. The van der Waals surface area contributed by atoms with Crippen LogP contribution < -0.4 is 5.84 Å². The molecule has 0 aliphatic rings. The highest BCUT2D eigenvalue weighted by Crippen LogP contribution is 1.95. The number of rotatable bonds is 1. The molecule has 0 unspecified atom stereocenters. The fourth-order valence-electron chi connectivity index (χ4n) is 0.653. The van der Waals surface area contributed by atoms with Crippen LogP contribution >= 0.6 is 0 Å². The van der Waals surface area contributed by atoms with Crippen molar-refractivity contribution in [3.05, 3.63) is 24.0 Å². The van der Waals surface area contributed by atoms with Crippen molar-refractivity contribution >= 4 is 5.91 Å². The molecule has 0 fully saturated rings. The largest absolute Gasteiger partial charge is 0.357 e. The van der Waals surface area contributed by atoms with Gasteiger partial charge in [-0.3, -0.25) is 9.80 Å². The van der Waals surface area contributed by atoms with E-state index in [1.54, 1.807) is 18.3 Å². The summed E-state index contributed by atoms with van der Waals surface area (Å²) in [5, 5.41) is 1.03. The van der Waals surface area contributed by atoms with Gasteiger partial charge in [0.15, 0.2) is 0 Å². The zero-order chi connectivity index (χ0) is 7.56. The van der Waals surface area contributed by atoms with Gasteiger partial charge in [0.1, 0.15) is 5.69 Å². The lowest BCUT2D eigenvalue weighted by molar-refractivity contribution is 0.0790. The summed E-state index contributed by atoms with van der Waals surface area (Å²) in [6.07, 6.45) is 1.68. The first kappa shape index (κ1) is 6.82. The predicted molar refractivity (Wildman–Crippen MR) is 37.1 cm³/mol. The minimum atomic E-state index is -0.218. The number of hydrogen-bond donors (Lipinski definition) is 2. The van der Waals surface area contributed by atoms with Crippen LogP contribution in [0.4, 0.5) is 0 Å². The highest BCUT2D eigenvalue weighted by molar-refractivity contribution is 5.91. The first-order valence-electron chi connectivity index (χ1n) is 2.88. The summed E-state index contributed by atoms with van der Waals surface area (Å²) < 4.78 is 0. The molecule has 1 amide bonds. The highest BCUT2D eigenvalue weighted by atomic mass is 16.2. The first-order chi connectivity index (χ1) is 4.72. The molecule has 54 valence electrons. The molecule has 0 aliphatic heterocycles. The van der Waals surface area contributed by atoms with Gasteiger partial charge in [-0.2, -0.15) is 0 Å². The van der Waals surface area contributed by atoms with E-state index in [1.165, 1.54) is 7.05 Å². The normalized spacial score (nSPS) is 9.40. The van der Waals surface area contributed by atoms with Crippen molar-refractivity contribution in [2.45, 2.75) is 0 Å². The van der Waals surface area contributed by atoms with Crippen LogP contribution in [0.15, 0.2) is 18.3 Å². The van der Waals surface area contributed by atoms with Gasteiger partial charge in [-0.25, -0.2) is 5.84 Å². The van der Waals surface area contributed by atoms with E-state index in [-0.39, 0.29) is 5.91 Å². The van der Waals surface area contributed by atoms with Crippen LogP contribution in [-0.4, -0.2) is 22.9 Å². The molecule has 0 aliphatic carbocycles. The minimum absolute atomic E-state index is 0.218. The Hall–Kier alpha value is -1.29. The van der Waals surface area contributed by atoms with Crippen LogP contribution in [-0.2, 0) is 0 Å². The average Bonchev–Trinajstić information content (AvgIpc) is 2.36. The van der Waals surface area contributed by atoms with Crippen molar-refractivity contribution in [1.29, 1.82) is 0 Å². The van der Waals surface area contributed by atoms with E-state index in [4.69, 9.17) is 5.84 Å². The van der Waals surface area contributed by atoms with Gasteiger partial charge in [-0.05, 0) is 12.1 Å². The quantitative estimate of drug-likeness (QED) is 0.326. The zero-order valence-corrected chi connectivity index (χ0v) is 5.66. The van der Waals surface area contributed by atoms with Gasteiger partial charge in [-0.1, -0.05) is 0 Å². The Bertz CT molecular complexity index is 215. The lowest BCUT2D eigenvalue weighted by Gasteiger charge is -2.06. The van der Waals surface area contributed by atoms with Crippen molar-refractivity contribution in [3.8, 4) is 0 Å². The van der Waals surface area contributed by atoms with E-state index in [0.29, 0.717) is 5.69 Å². The van der Waals surface area contributed by atoms with Crippen LogP contribution in [0.3, 0.4) is 0 Å². The molecule has 0 saturated carbocycles. The smallest absolute Gasteiger partial charge is 0.283 e. The standard InChI is InChI=1S/C6H9N3O/c1-9(7)6(10)5-3-2-4-8-5/h2-4,8H,7H2,1H3. The van der Waals surface area contributed by atoms with E-state index >= 15 is 0 Å². The summed E-state index contributed by atoms with van der Waals surface area (Å²) in [7, 11) is 1.50. The van der Waals surface area contributed by atoms with Crippen molar-refractivity contribution in [3.63, 3.8) is 0 Å². The van der Waals surface area contributed by atoms with Crippen molar-refractivity contribution in [1.82, 2.24) is 9.99 Å². The van der Waals surface area contributed by atoms with E-state index in [0.717, 1.165) is 5.01 Å². The number of aromatic amines is 1. The molecule has 4 heteroatoms. The van der Waals surface area contributed by atoms with Gasteiger partial charge in [0.2, 0.25) is 0 Å². The second kappa shape index (κ2) is 2.53. The monoisotopic (exact) mass is 139 g/mol. The maximum Gasteiger partial charge on any atom is 0.283 e. The summed E-state index contributed by atoms with van der Waals surface area (Å²) in [5.74, 6) is 4.97. The molecule has 0 bridgehead atoms. The summed E-state index contributed by atoms with van der Waals surface area (Å²) in [6, 6.07) is 3.42. The van der Waals surface area contributed by atoms with Gasteiger partial charge in [0.05, 0.1) is 0 Å². The second-order valence-corrected chi connectivity index (χ2v) is 2.00. The second-order valence-electron chi connectivity index (χ2n) is 2.00. The molecular weight excluding hydrogens is 130 g/mol. The lowest BCUT2D eigenvalue weighted by atomic mass is 10.4. The van der Waals surface area contributed by atoms with Gasteiger partial charge in [0.25, 0.3) is 5.91 Å². The minimum Gasteiger partial charge on any atom is -0.357 e. The molecule has 0 aromatic carbocycles. The number of nitrogens with two attached hydrogens (primary N) is 1. The van der Waals surface area contributed by atoms with Crippen LogP contribution in [0.1, 0.15) is 10.5 Å². The Balaban J connectivity index is 2.78. The third kappa shape index (κ3) is 1.16. The number of nitrogens with zero attached hydrogens (tertiary/aromatic N) is 1. The number of carbonyl (C=O) groups is 1. The molecule has 4 nitrogen and oxygen atoms in total. The summed E-state index contributed by atoms with van der Waals surface area (Å²) >= 11 is 0. The highest BCUT2D eigenvalue weighted by Gasteiger charge is 2.06. The molecule has 1 rings (SSSR count). The molecule has 0 radical (unpaired) electrons. The van der Waals surface area contributed by atoms with Gasteiger partial charge < -0.3 is 4.98 Å². The summed E-state index contributed by atoms with van der Waals surface area (Å²) in [4.78, 5) is 13.7. The zero-order valence-electron chi connectivity index (χ0n) is 5.66. The number of H-pyrrole nitrogens is 1. The van der Waals surface area contributed by atoms with E-state index in [2.05, 4.69) is 4.98 Å². The topological polar surface area (TPSA) is 62.1 Å². The number of nitrogens with one attached hydrogen (secondary N) is 1. The molecular formula is C6H9N3O. The van der Waals surface area contributed by atoms with Crippen LogP contribution in [0.2, 0.25) is 0 Å². The molecule has 0 saturated heterocycles. The molecule has 3 N–H and O–H groups in total. The van der Waals surface area contributed by atoms with Gasteiger partial charge in [0, 0.05) is 13.2 Å². The van der Waals surface area contributed by atoms with Crippen LogP contribution in [0.5, 0.6) is 0 Å². The number of hydrogen-bond acceptors (Lipinski definition) is 2. The molecule has 1 aromatic heterocycles.